The highest BCUT2D eigenvalue weighted by Gasteiger charge is 2.25. The van der Waals surface area contributed by atoms with E-state index >= 15 is 0 Å². The van der Waals surface area contributed by atoms with Gasteiger partial charge in [0.15, 0.2) is 6.04 Å². The van der Waals surface area contributed by atoms with Gasteiger partial charge in [0.1, 0.15) is 11.6 Å². The molecule has 2 aromatic heterocycles. The van der Waals surface area contributed by atoms with E-state index in [4.69, 9.17) is 4.98 Å². The lowest BCUT2D eigenvalue weighted by Gasteiger charge is -2.18. The molecule has 8 heteroatoms. The van der Waals surface area contributed by atoms with Crippen LogP contribution in [0.1, 0.15) is 28.6 Å². The fourth-order valence-electron chi connectivity index (χ4n) is 3.61. The minimum absolute atomic E-state index is 0.164. The van der Waals surface area contributed by atoms with Gasteiger partial charge in [0.05, 0.1) is 5.52 Å². The molecule has 31 heavy (non-hydrogen) atoms. The number of aryl methyl sites for hydroxylation is 3. The molecule has 0 spiro atoms. The van der Waals surface area contributed by atoms with Crippen LogP contribution < -0.4 is 10.6 Å². The number of para-hydroxylation sites is 1. The van der Waals surface area contributed by atoms with Crippen molar-refractivity contribution < 1.29 is 4.79 Å². The van der Waals surface area contributed by atoms with E-state index in [1.54, 1.807) is 6.92 Å². The van der Waals surface area contributed by atoms with Crippen LogP contribution in [-0.2, 0) is 4.79 Å². The number of fused-ring (bicyclic) bond motifs is 1. The number of carbonyl (C=O) groups is 1. The minimum atomic E-state index is -0.626. The third-order valence-electron chi connectivity index (χ3n) is 5.22. The van der Waals surface area contributed by atoms with E-state index in [2.05, 4.69) is 51.3 Å². The zero-order valence-electron chi connectivity index (χ0n) is 17.8. The quantitative estimate of drug-likeness (QED) is 0.451. The topological polar surface area (TPSA) is 97.6 Å². The molecule has 2 aromatic carbocycles. The second kappa shape index (κ2) is 8.91. The van der Waals surface area contributed by atoms with Gasteiger partial charge < -0.3 is 10.6 Å². The molecule has 2 N–H and O–H groups in total. The molecule has 1 amide bonds. The molecule has 8 nitrogen and oxygen atoms in total. The van der Waals surface area contributed by atoms with E-state index in [9.17, 15) is 4.79 Å². The molecule has 0 aliphatic carbocycles. The molecule has 158 valence electrons. The smallest absolute Gasteiger partial charge is 0.249 e. The van der Waals surface area contributed by atoms with Crippen molar-refractivity contribution in [2.45, 2.75) is 26.8 Å². The van der Waals surface area contributed by atoms with Crippen molar-refractivity contribution in [3.8, 4) is 0 Å². The fourth-order valence-corrected chi connectivity index (χ4v) is 3.61. The van der Waals surface area contributed by atoms with Gasteiger partial charge >= 0.3 is 0 Å². The van der Waals surface area contributed by atoms with Gasteiger partial charge in [-0.1, -0.05) is 48.5 Å². The number of hydrogen-bond acceptors (Lipinski definition) is 6. The summed E-state index contributed by atoms with van der Waals surface area (Å²) in [5.41, 5.74) is 4.01. The Morgan fingerprint density at radius 1 is 1.00 bits per heavy atom. The highest BCUT2D eigenvalue weighted by atomic mass is 16.2. The largest absolute Gasteiger partial charge is 0.368 e. The SMILES string of the molecule is Cc1cc2cccc(C)c2nc1NCCNC(=O)C(c1ccccc1)n1nnnc1C. The summed E-state index contributed by atoms with van der Waals surface area (Å²) in [4.78, 5) is 17.8. The van der Waals surface area contributed by atoms with Crippen molar-refractivity contribution in [3.63, 3.8) is 0 Å². The summed E-state index contributed by atoms with van der Waals surface area (Å²) in [7, 11) is 0. The first kappa shape index (κ1) is 20.5. The molecule has 1 atom stereocenters. The molecule has 0 aliphatic heterocycles. The number of rotatable bonds is 7. The summed E-state index contributed by atoms with van der Waals surface area (Å²) in [5.74, 6) is 1.24. The van der Waals surface area contributed by atoms with E-state index in [-0.39, 0.29) is 5.91 Å². The average molecular weight is 416 g/mol. The number of aromatic nitrogens is 5. The lowest BCUT2D eigenvalue weighted by Crippen LogP contribution is -2.37. The van der Waals surface area contributed by atoms with Crippen LogP contribution in [-0.4, -0.2) is 44.2 Å². The van der Waals surface area contributed by atoms with E-state index in [1.807, 2.05) is 43.3 Å². The average Bonchev–Trinajstić information content (AvgIpc) is 3.18. The molecule has 1 unspecified atom stereocenters. The Morgan fingerprint density at radius 2 is 1.81 bits per heavy atom. The number of nitrogens with zero attached hydrogens (tertiary/aromatic N) is 5. The van der Waals surface area contributed by atoms with Crippen LogP contribution >= 0.6 is 0 Å². The van der Waals surface area contributed by atoms with E-state index < -0.39 is 6.04 Å². The summed E-state index contributed by atoms with van der Waals surface area (Å²) in [6.45, 7) is 6.85. The number of nitrogens with one attached hydrogen (secondary N) is 2. The molecule has 0 saturated carbocycles. The van der Waals surface area contributed by atoms with Crippen LogP contribution in [0.3, 0.4) is 0 Å². The number of benzene rings is 2. The summed E-state index contributed by atoms with van der Waals surface area (Å²) >= 11 is 0. The predicted molar refractivity (Wildman–Crippen MR) is 120 cm³/mol. The molecular weight excluding hydrogens is 390 g/mol. The van der Waals surface area contributed by atoms with Crippen molar-refractivity contribution in [2.24, 2.45) is 0 Å². The first-order valence-electron chi connectivity index (χ1n) is 10.2. The van der Waals surface area contributed by atoms with Crippen molar-refractivity contribution in [3.05, 3.63) is 77.1 Å². The van der Waals surface area contributed by atoms with Crippen molar-refractivity contribution in [1.82, 2.24) is 30.5 Å². The molecule has 0 fully saturated rings. The van der Waals surface area contributed by atoms with Gasteiger partial charge in [-0.15, -0.1) is 5.10 Å². The monoisotopic (exact) mass is 415 g/mol. The van der Waals surface area contributed by atoms with Crippen LogP contribution in [0, 0.1) is 20.8 Å². The fraction of sp³-hybridized carbons (Fsp3) is 0.261. The van der Waals surface area contributed by atoms with E-state index in [0.717, 1.165) is 33.4 Å². The lowest BCUT2D eigenvalue weighted by molar-refractivity contribution is -0.123. The Bertz CT molecular complexity index is 1200. The van der Waals surface area contributed by atoms with Crippen molar-refractivity contribution in [1.29, 1.82) is 0 Å². The maximum Gasteiger partial charge on any atom is 0.249 e. The zero-order chi connectivity index (χ0) is 21.8. The molecule has 4 aromatic rings. The van der Waals surface area contributed by atoms with Gasteiger partial charge in [-0.25, -0.2) is 9.67 Å². The van der Waals surface area contributed by atoms with Crippen LogP contribution in [0.25, 0.3) is 10.9 Å². The Balaban J connectivity index is 1.43. The molecule has 2 heterocycles. The van der Waals surface area contributed by atoms with Gasteiger partial charge in [0.25, 0.3) is 0 Å². The molecule has 4 rings (SSSR count). The van der Waals surface area contributed by atoms with Gasteiger partial charge in [0, 0.05) is 18.5 Å². The molecule has 0 saturated heterocycles. The number of anilines is 1. The third kappa shape index (κ3) is 4.37. The van der Waals surface area contributed by atoms with Crippen LogP contribution in [0.15, 0.2) is 54.6 Å². The lowest BCUT2D eigenvalue weighted by atomic mass is 10.1. The van der Waals surface area contributed by atoms with Crippen LogP contribution in [0.2, 0.25) is 0 Å². The van der Waals surface area contributed by atoms with Crippen molar-refractivity contribution in [2.75, 3.05) is 18.4 Å². The standard InChI is InChI=1S/C23H25N7O/c1-15-8-7-11-19-14-16(2)22(26-20(15)19)24-12-13-25-23(31)21(18-9-5-4-6-10-18)30-17(3)27-28-29-30/h4-11,14,21H,12-13H2,1-3H3,(H,24,26)(H,25,31). The van der Waals surface area contributed by atoms with Gasteiger partial charge in [-0.2, -0.15) is 0 Å². The maximum atomic E-state index is 13.0. The highest BCUT2D eigenvalue weighted by molar-refractivity contribution is 5.85. The Morgan fingerprint density at radius 3 is 2.55 bits per heavy atom. The van der Waals surface area contributed by atoms with Crippen molar-refractivity contribution >= 4 is 22.6 Å². The first-order chi connectivity index (χ1) is 15.0. The number of hydrogen-bond donors (Lipinski definition) is 2. The Kier molecular flexibility index (Phi) is 5.88. The predicted octanol–water partition coefficient (Wildman–Crippen LogP) is 2.96. The second-order valence-corrected chi connectivity index (χ2v) is 7.50. The third-order valence-corrected chi connectivity index (χ3v) is 5.22. The van der Waals surface area contributed by atoms with Gasteiger partial charge in [0.2, 0.25) is 5.91 Å². The van der Waals surface area contributed by atoms with Gasteiger partial charge in [-0.3, -0.25) is 4.79 Å². The van der Waals surface area contributed by atoms with Crippen LogP contribution in [0.5, 0.6) is 0 Å². The zero-order valence-corrected chi connectivity index (χ0v) is 17.8. The van der Waals surface area contributed by atoms with Crippen LogP contribution in [0.4, 0.5) is 5.82 Å². The summed E-state index contributed by atoms with van der Waals surface area (Å²) < 4.78 is 1.54. The highest BCUT2D eigenvalue weighted by Crippen LogP contribution is 2.22. The van der Waals surface area contributed by atoms with Gasteiger partial charge in [-0.05, 0) is 54.0 Å². The number of pyridine rings is 1. The number of tetrazole rings is 1. The normalized spacial score (nSPS) is 12.0. The molecule has 0 radical (unpaired) electrons. The molecular formula is C23H25N7O. The summed E-state index contributed by atoms with van der Waals surface area (Å²) in [6, 6.07) is 17.2. The Labute approximate surface area is 180 Å². The molecule has 0 bridgehead atoms. The number of carbonyl (C=O) groups excluding carboxylic acids is 1. The second-order valence-electron chi connectivity index (χ2n) is 7.50. The van der Waals surface area contributed by atoms with E-state index in [1.165, 1.54) is 4.68 Å². The van der Waals surface area contributed by atoms with E-state index in [0.29, 0.717) is 18.9 Å². The Hall–Kier alpha value is -3.81. The number of amides is 1. The maximum absolute atomic E-state index is 13.0. The molecule has 0 aliphatic rings. The summed E-state index contributed by atoms with van der Waals surface area (Å²) in [5, 5.41) is 19.1. The minimum Gasteiger partial charge on any atom is -0.368 e. The first-order valence-corrected chi connectivity index (χ1v) is 10.2. The summed E-state index contributed by atoms with van der Waals surface area (Å²) in [6.07, 6.45) is 0.